The van der Waals surface area contributed by atoms with Gasteiger partial charge in [0, 0.05) is 23.8 Å². The van der Waals surface area contributed by atoms with Crippen LogP contribution < -0.4 is 0 Å². The molecule has 3 atom stereocenters. The molecular formula is C14H16ClNO3S. The fourth-order valence-electron chi connectivity index (χ4n) is 2.86. The first-order valence-electron chi connectivity index (χ1n) is 6.30. The minimum atomic E-state index is -3.32. The first-order chi connectivity index (χ1) is 9.43. The van der Waals surface area contributed by atoms with Crippen molar-refractivity contribution in [2.24, 2.45) is 5.41 Å². The van der Waals surface area contributed by atoms with Gasteiger partial charge in [0.15, 0.2) is 9.84 Å². The van der Waals surface area contributed by atoms with Gasteiger partial charge in [0.25, 0.3) is 0 Å². The highest BCUT2D eigenvalue weighted by Gasteiger charge is 2.71. The third kappa shape index (κ3) is 2.32. The molecule has 20 heavy (non-hydrogen) atoms. The highest BCUT2D eigenvalue weighted by molar-refractivity contribution is 7.92. The standard InChI is InChI=1S/C14H16ClNO3S/c1-3-20(17,18)13-12(14(13,8-16)9-19-2)10-5-4-6-11(15)7-10/h4-7,12-13H,3,9H2,1-2H3/t12-,13+,14-/m0/s1. The zero-order valence-corrected chi connectivity index (χ0v) is 12.9. The molecule has 2 rings (SSSR count). The number of hydrogen-bond acceptors (Lipinski definition) is 4. The van der Waals surface area contributed by atoms with Crippen LogP contribution in [0.15, 0.2) is 24.3 Å². The van der Waals surface area contributed by atoms with Crippen LogP contribution in [0.2, 0.25) is 5.02 Å². The summed E-state index contributed by atoms with van der Waals surface area (Å²) in [6, 6.07) is 9.18. The summed E-state index contributed by atoms with van der Waals surface area (Å²) in [4.78, 5) is 0. The van der Waals surface area contributed by atoms with Gasteiger partial charge in [-0.25, -0.2) is 8.42 Å². The van der Waals surface area contributed by atoms with Gasteiger partial charge < -0.3 is 4.74 Å². The molecule has 4 nitrogen and oxygen atoms in total. The number of benzene rings is 1. The first-order valence-corrected chi connectivity index (χ1v) is 8.39. The number of sulfone groups is 1. The maximum Gasteiger partial charge on any atom is 0.155 e. The molecule has 1 aromatic carbocycles. The predicted molar refractivity (Wildman–Crippen MR) is 77.4 cm³/mol. The third-order valence-electron chi connectivity index (χ3n) is 3.84. The van der Waals surface area contributed by atoms with Gasteiger partial charge >= 0.3 is 0 Å². The maximum atomic E-state index is 12.2. The molecule has 6 heteroatoms. The van der Waals surface area contributed by atoms with E-state index in [0.717, 1.165) is 5.56 Å². The van der Waals surface area contributed by atoms with Crippen molar-refractivity contribution in [2.75, 3.05) is 19.5 Å². The Morgan fingerprint density at radius 2 is 2.20 bits per heavy atom. The van der Waals surface area contributed by atoms with Crippen molar-refractivity contribution in [2.45, 2.75) is 18.1 Å². The van der Waals surface area contributed by atoms with Crippen molar-refractivity contribution >= 4 is 21.4 Å². The summed E-state index contributed by atoms with van der Waals surface area (Å²) in [7, 11) is -1.85. The van der Waals surface area contributed by atoms with Crippen molar-refractivity contribution in [3.63, 3.8) is 0 Å². The molecule has 1 aromatic rings. The molecule has 0 aliphatic heterocycles. The van der Waals surface area contributed by atoms with Crippen LogP contribution in [0.1, 0.15) is 18.4 Å². The summed E-state index contributed by atoms with van der Waals surface area (Å²) in [5.41, 5.74) is -0.230. The van der Waals surface area contributed by atoms with E-state index >= 15 is 0 Å². The second kappa shape index (κ2) is 5.36. The molecule has 1 aliphatic carbocycles. The summed E-state index contributed by atoms with van der Waals surface area (Å²) in [6.07, 6.45) is 0. The molecule has 108 valence electrons. The smallest absolute Gasteiger partial charge is 0.155 e. The van der Waals surface area contributed by atoms with Crippen LogP contribution in [0.5, 0.6) is 0 Å². The van der Waals surface area contributed by atoms with Crippen molar-refractivity contribution in [3.8, 4) is 6.07 Å². The average Bonchev–Trinajstić information content (AvgIpc) is 3.09. The van der Waals surface area contributed by atoms with E-state index in [4.69, 9.17) is 16.3 Å². The second-order valence-corrected chi connectivity index (χ2v) is 7.84. The lowest BCUT2D eigenvalue weighted by Gasteiger charge is -2.07. The number of nitrogens with zero attached hydrogens (tertiary/aromatic N) is 1. The molecule has 1 fully saturated rings. The van der Waals surface area contributed by atoms with E-state index in [0.29, 0.717) is 5.02 Å². The molecule has 1 saturated carbocycles. The Balaban J connectivity index is 2.48. The summed E-state index contributed by atoms with van der Waals surface area (Å²) >= 11 is 5.96. The molecule has 0 radical (unpaired) electrons. The molecule has 0 unspecified atom stereocenters. The lowest BCUT2D eigenvalue weighted by Crippen LogP contribution is -2.20. The Hall–Kier alpha value is -1.09. The zero-order chi connectivity index (χ0) is 15.0. The minimum Gasteiger partial charge on any atom is -0.383 e. The normalized spacial score (nSPS) is 28.9. The molecule has 0 N–H and O–H groups in total. The SMILES string of the molecule is CCS(=O)(=O)[C@@H]1[C@H](c2cccc(Cl)c2)[C@]1(C#N)COC. The molecule has 0 saturated heterocycles. The van der Waals surface area contributed by atoms with Gasteiger partial charge in [0.2, 0.25) is 0 Å². The lowest BCUT2D eigenvalue weighted by atomic mass is 10.0. The summed E-state index contributed by atoms with van der Waals surface area (Å²) < 4.78 is 29.6. The molecule has 0 spiro atoms. The van der Waals surface area contributed by atoms with Gasteiger partial charge in [-0.2, -0.15) is 5.26 Å². The molecule has 0 aromatic heterocycles. The maximum absolute atomic E-state index is 12.2. The minimum absolute atomic E-state index is 0.0158. The van der Waals surface area contributed by atoms with Gasteiger partial charge in [-0.05, 0) is 17.7 Å². The molecule has 0 bridgehead atoms. The van der Waals surface area contributed by atoms with Crippen LogP contribution in [0.4, 0.5) is 0 Å². The molecule has 0 heterocycles. The molecule has 1 aliphatic rings. The van der Waals surface area contributed by atoms with Crippen molar-refractivity contribution < 1.29 is 13.2 Å². The van der Waals surface area contributed by atoms with Crippen molar-refractivity contribution in [3.05, 3.63) is 34.9 Å². The fourth-order valence-corrected chi connectivity index (χ4v) is 5.06. The van der Waals surface area contributed by atoms with Gasteiger partial charge in [-0.1, -0.05) is 30.7 Å². The molecular weight excluding hydrogens is 298 g/mol. The Morgan fingerprint density at radius 1 is 1.50 bits per heavy atom. The summed E-state index contributed by atoms with van der Waals surface area (Å²) in [6.45, 7) is 1.70. The topological polar surface area (TPSA) is 67.2 Å². The number of nitriles is 1. The van der Waals surface area contributed by atoms with Gasteiger partial charge in [-0.3, -0.25) is 0 Å². The Kier molecular flexibility index (Phi) is 4.10. The number of hydrogen-bond donors (Lipinski definition) is 0. The van der Waals surface area contributed by atoms with E-state index in [1.54, 1.807) is 25.1 Å². The Bertz CT molecular complexity index is 653. The van der Waals surface area contributed by atoms with Crippen LogP contribution in [0.3, 0.4) is 0 Å². The first kappa shape index (κ1) is 15.3. The Morgan fingerprint density at radius 3 is 2.70 bits per heavy atom. The van der Waals surface area contributed by atoms with Crippen molar-refractivity contribution in [1.29, 1.82) is 5.26 Å². The third-order valence-corrected chi connectivity index (χ3v) is 6.35. The van der Waals surface area contributed by atoms with Crippen LogP contribution >= 0.6 is 11.6 Å². The molecule has 0 amide bonds. The van der Waals surface area contributed by atoms with E-state index in [9.17, 15) is 13.7 Å². The predicted octanol–water partition coefficient (Wildman–Crippen LogP) is 2.40. The quantitative estimate of drug-likeness (QED) is 0.837. The average molecular weight is 314 g/mol. The number of ether oxygens (including phenoxy) is 1. The van der Waals surface area contributed by atoms with E-state index in [-0.39, 0.29) is 18.3 Å². The van der Waals surface area contributed by atoms with Crippen LogP contribution in [0, 0.1) is 16.7 Å². The van der Waals surface area contributed by atoms with Crippen LogP contribution in [0.25, 0.3) is 0 Å². The number of methoxy groups -OCH3 is 1. The fraction of sp³-hybridized carbons (Fsp3) is 0.500. The zero-order valence-electron chi connectivity index (χ0n) is 11.3. The van der Waals surface area contributed by atoms with E-state index in [1.165, 1.54) is 7.11 Å². The lowest BCUT2D eigenvalue weighted by molar-refractivity contribution is 0.162. The monoisotopic (exact) mass is 313 g/mol. The summed E-state index contributed by atoms with van der Waals surface area (Å²) in [5.74, 6) is -0.363. The number of rotatable bonds is 5. The van der Waals surface area contributed by atoms with E-state index in [2.05, 4.69) is 6.07 Å². The van der Waals surface area contributed by atoms with Gasteiger partial charge in [-0.15, -0.1) is 0 Å². The van der Waals surface area contributed by atoms with E-state index < -0.39 is 20.5 Å². The van der Waals surface area contributed by atoms with Crippen LogP contribution in [-0.2, 0) is 14.6 Å². The Labute approximate surface area is 124 Å². The number of halogens is 1. The van der Waals surface area contributed by atoms with Crippen LogP contribution in [-0.4, -0.2) is 33.1 Å². The van der Waals surface area contributed by atoms with Gasteiger partial charge in [0.1, 0.15) is 5.41 Å². The second-order valence-electron chi connectivity index (χ2n) is 4.99. The summed E-state index contributed by atoms with van der Waals surface area (Å²) in [5, 5.41) is 9.31. The van der Waals surface area contributed by atoms with E-state index in [1.807, 2.05) is 6.07 Å². The highest BCUT2D eigenvalue weighted by atomic mass is 35.5. The van der Waals surface area contributed by atoms with Gasteiger partial charge in [0.05, 0.1) is 17.9 Å². The van der Waals surface area contributed by atoms with Crippen molar-refractivity contribution in [1.82, 2.24) is 0 Å². The highest BCUT2D eigenvalue weighted by Crippen LogP contribution is 2.63. The largest absolute Gasteiger partial charge is 0.383 e.